The highest BCUT2D eigenvalue weighted by atomic mass is 35.5. The summed E-state index contributed by atoms with van der Waals surface area (Å²) in [5, 5.41) is 22.2. The van der Waals surface area contributed by atoms with Crippen LogP contribution in [-0.2, 0) is 16.7 Å². The molecule has 0 atom stereocenters. The number of nitrogens with zero attached hydrogens (tertiary/aromatic N) is 3. The molecule has 15 heteroatoms. The first kappa shape index (κ1) is 31.1. The number of imidazole rings is 1. The van der Waals surface area contributed by atoms with Crippen molar-refractivity contribution >= 4 is 39.2 Å². The Balaban J connectivity index is 1.75. The zero-order valence-corrected chi connectivity index (χ0v) is 23.8. The Morgan fingerprint density at radius 1 is 1.10 bits per heavy atom. The molecule has 0 spiro atoms. The first-order chi connectivity index (χ1) is 19.3. The number of halogens is 5. The minimum Gasteiger partial charge on any atom is -0.390 e. The Hall–Kier alpha value is -2.84. The van der Waals surface area contributed by atoms with Gasteiger partial charge in [-0.2, -0.15) is 21.6 Å². The molecular weight excluding hydrogens is 610 g/mol. The highest BCUT2D eigenvalue weighted by Crippen LogP contribution is 2.35. The van der Waals surface area contributed by atoms with Gasteiger partial charge in [0.05, 0.1) is 35.5 Å². The van der Waals surface area contributed by atoms with Crippen molar-refractivity contribution in [2.75, 3.05) is 5.75 Å². The van der Waals surface area contributed by atoms with Crippen LogP contribution in [0.15, 0.2) is 42.5 Å². The van der Waals surface area contributed by atoms with Gasteiger partial charge >= 0.3 is 16.3 Å². The van der Waals surface area contributed by atoms with Crippen LogP contribution in [-0.4, -0.2) is 57.2 Å². The third-order valence-electron chi connectivity index (χ3n) is 6.58. The zero-order valence-electron chi connectivity index (χ0n) is 21.4. The summed E-state index contributed by atoms with van der Waals surface area (Å²) >= 11 is 12.5. The zero-order chi connectivity index (χ0) is 29.9. The molecule has 0 bridgehead atoms. The normalized spacial score (nSPS) is 14.7. The number of aromatic nitrogens is 2. The Kier molecular flexibility index (Phi) is 9.54. The van der Waals surface area contributed by atoms with E-state index in [1.54, 1.807) is 12.1 Å². The lowest BCUT2D eigenvalue weighted by Crippen LogP contribution is -2.39. The third kappa shape index (κ3) is 7.52. The SMILES string of the molecule is O=C(c1nc(-c2ccc(Cl)cc2Cl)n(-c2ccc(OS(=O)(=O)CCC(F)(F)F)cc2)c1CO)N(O)C1CCCCC1. The summed E-state index contributed by atoms with van der Waals surface area (Å²) in [7, 11) is -4.53. The van der Waals surface area contributed by atoms with Gasteiger partial charge in [0.2, 0.25) is 0 Å². The van der Waals surface area contributed by atoms with Crippen molar-refractivity contribution < 1.29 is 40.9 Å². The van der Waals surface area contributed by atoms with Crippen molar-refractivity contribution in [2.45, 2.75) is 57.3 Å². The molecule has 41 heavy (non-hydrogen) atoms. The van der Waals surface area contributed by atoms with E-state index >= 15 is 0 Å². The summed E-state index contributed by atoms with van der Waals surface area (Å²) in [5.74, 6) is -2.20. The average molecular weight is 636 g/mol. The molecule has 4 rings (SSSR count). The molecule has 0 aliphatic heterocycles. The molecule has 1 saturated carbocycles. The Morgan fingerprint density at radius 2 is 1.76 bits per heavy atom. The number of benzene rings is 2. The predicted octanol–water partition coefficient (Wildman–Crippen LogP) is 6.16. The van der Waals surface area contributed by atoms with Gasteiger partial charge in [-0.3, -0.25) is 14.6 Å². The minimum absolute atomic E-state index is 0.0114. The minimum atomic E-state index is -4.67. The van der Waals surface area contributed by atoms with Gasteiger partial charge < -0.3 is 9.29 Å². The highest BCUT2D eigenvalue weighted by Gasteiger charge is 2.32. The van der Waals surface area contributed by atoms with E-state index in [1.807, 2.05) is 0 Å². The van der Waals surface area contributed by atoms with Crippen LogP contribution in [0.5, 0.6) is 5.75 Å². The van der Waals surface area contributed by atoms with Crippen molar-refractivity contribution in [1.29, 1.82) is 0 Å². The van der Waals surface area contributed by atoms with E-state index in [4.69, 9.17) is 27.4 Å². The van der Waals surface area contributed by atoms with Gasteiger partial charge in [0.25, 0.3) is 5.91 Å². The van der Waals surface area contributed by atoms with Crippen LogP contribution in [0, 0.1) is 0 Å². The second kappa shape index (κ2) is 12.6. The monoisotopic (exact) mass is 635 g/mol. The number of aliphatic hydroxyl groups excluding tert-OH is 1. The molecule has 0 radical (unpaired) electrons. The molecule has 1 aliphatic rings. The maximum absolute atomic E-state index is 13.4. The predicted molar refractivity (Wildman–Crippen MR) is 145 cm³/mol. The second-order valence-corrected chi connectivity index (χ2v) is 12.0. The molecule has 222 valence electrons. The van der Waals surface area contributed by atoms with Gasteiger partial charge in [-0.1, -0.05) is 42.5 Å². The number of alkyl halides is 3. The van der Waals surface area contributed by atoms with Crippen molar-refractivity contribution in [3.05, 3.63) is 63.9 Å². The fourth-order valence-corrected chi connectivity index (χ4v) is 6.04. The van der Waals surface area contributed by atoms with Crippen molar-refractivity contribution in [3.63, 3.8) is 0 Å². The molecule has 1 aliphatic carbocycles. The molecule has 2 N–H and O–H groups in total. The molecule has 1 amide bonds. The number of rotatable bonds is 9. The summed E-state index contributed by atoms with van der Waals surface area (Å²) in [5.41, 5.74) is 0.403. The van der Waals surface area contributed by atoms with Gasteiger partial charge in [-0.05, 0) is 55.3 Å². The molecule has 9 nitrogen and oxygen atoms in total. The van der Waals surface area contributed by atoms with Crippen LogP contribution in [0.3, 0.4) is 0 Å². The molecule has 0 saturated heterocycles. The molecule has 0 unspecified atom stereocenters. The maximum atomic E-state index is 13.4. The van der Waals surface area contributed by atoms with E-state index in [2.05, 4.69) is 4.98 Å². The quantitative estimate of drug-likeness (QED) is 0.164. The van der Waals surface area contributed by atoms with Crippen molar-refractivity contribution in [1.82, 2.24) is 14.6 Å². The number of hydrogen-bond donors (Lipinski definition) is 2. The van der Waals surface area contributed by atoms with E-state index in [0.717, 1.165) is 19.3 Å². The van der Waals surface area contributed by atoms with E-state index in [1.165, 1.54) is 34.9 Å². The Labute approximate surface area is 244 Å². The lowest BCUT2D eigenvalue weighted by molar-refractivity contribution is -0.130. The van der Waals surface area contributed by atoms with Crippen LogP contribution in [0.2, 0.25) is 10.0 Å². The number of aliphatic hydroxyl groups is 1. The van der Waals surface area contributed by atoms with Gasteiger partial charge in [-0.25, -0.2) is 10.0 Å². The summed E-state index contributed by atoms with van der Waals surface area (Å²) < 4.78 is 67.7. The smallest absolute Gasteiger partial charge is 0.390 e. The van der Waals surface area contributed by atoms with Gasteiger partial charge in [0, 0.05) is 16.3 Å². The van der Waals surface area contributed by atoms with Crippen LogP contribution in [0.1, 0.15) is 54.7 Å². The first-order valence-corrected chi connectivity index (χ1v) is 14.9. The maximum Gasteiger partial charge on any atom is 0.390 e. The molecule has 2 aromatic carbocycles. The molecule has 1 fully saturated rings. The van der Waals surface area contributed by atoms with Crippen LogP contribution < -0.4 is 4.18 Å². The summed E-state index contributed by atoms with van der Waals surface area (Å²) in [6.07, 6.45) is -2.31. The Bertz CT molecular complexity index is 1510. The van der Waals surface area contributed by atoms with Crippen LogP contribution in [0.25, 0.3) is 17.1 Å². The number of carbonyl (C=O) groups is 1. The van der Waals surface area contributed by atoms with Crippen LogP contribution in [0.4, 0.5) is 13.2 Å². The first-order valence-electron chi connectivity index (χ1n) is 12.6. The topological polar surface area (TPSA) is 122 Å². The molecular formula is C26H26Cl2F3N3O6S. The van der Waals surface area contributed by atoms with Crippen LogP contribution >= 0.6 is 23.2 Å². The van der Waals surface area contributed by atoms with E-state index in [0.29, 0.717) is 28.5 Å². The third-order valence-corrected chi connectivity index (χ3v) is 8.28. The summed E-state index contributed by atoms with van der Waals surface area (Å²) in [4.78, 5) is 17.9. The Morgan fingerprint density at radius 3 is 2.34 bits per heavy atom. The number of hydroxylamine groups is 2. The number of amides is 1. The van der Waals surface area contributed by atoms with Crippen molar-refractivity contribution in [3.8, 4) is 22.8 Å². The number of hydrogen-bond acceptors (Lipinski definition) is 7. The highest BCUT2D eigenvalue weighted by molar-refractivity contribution is 7.87. The van der Waals surface area contributed by atoms with Gasteiger partial charge in [0.15, 0.2) is 5.69 Å². The van der Waals surface area contributed by atoms with E-state index in [-0.39, 0.29) is 33.7 Å². The lowest BCUT2D eigenvalue weighted by atomic mass is 9.95. The molecule has 1 heterocycles. The summed E-state index contributed by atoms with van der Waals surface area (Å²) in [6, 6.07) is 9.30. The van der Waals surface area contributed by atoms with E-state index < -0.39 is 47.0 Å². The van der Waals surface area contributed by atoms with Crippen molar-refractivity contribution in [2.24, 2.45) is 0 Å². The largest absolute Gasteiger partial charge is 0.390 e. The average Bonchev–Trinajstić information content (AvgIpc) is 3.31. The standard InChI is InChI=1S/C26H26Cl2F3N3O6S/c27-16-6-11-20(21(28)14-16)24-32-23(25(36)34(37)18-4-2-1-3-5-18)22(15-35)33(24)17-7-9-19(10-8-17)40-41(38,39)13-12-26(29,30)31/h6-11,14,18,35,37H,1-5,12-13,15H2. The van der Waals surface area contributed by atoms with Gasteiger partial charge in [0.1, 0.15) is 11.6 Å². The van der Waals surface area contributed by atoms with Gasteiger partial charge in [-0.15, -0.1) is 0 Å². The molecule has 1 aromatic heterocycles. The fourth-order valence-electron chi connectivity index (χ4n) is 4.58. The lowest BCUT2D eigenvalue weighted by Gasteiger charge is -2.28. The molecule has 3 aromatic rings. The summed E-state index contributed by atoms with van der Waals surface area (Å²) in [6.45, 7) is -0.679. The second-order valence-electron chi connectivity index (χ2n) is 9.49. The van der Waals surface area contributed by atoms with E-state index in [9.17, 15) is 36.7 Å². The number of carbonyl (C=O) groups excluding carboxylic acids is 1. The fraction of sp³-hybridized carbons (Fsp3) is 0.385.